The fraction of sp³-hybridized carbons (Fsp3) is 0.450. The van der Waals surface area contributed by atoms with Gasteiger partial charge in [-0.2, -0.15) is 0 Å². The molecule has 2 aromatic heterocycles. The number of ether oxygens (including phenoxy) is 1. The number of aromatic amines is 1. The van der Waals surface area contributed by atoms with Gasteiger partial charge in [-0.15, -0.1) is 0 Å². The van der Waals surface area contributed by atoms with Crippen molar-refractivity contribution in [2.45, 2.75) is 49.7 Å². The van der Waals surface area contributed by atoms with Crippen molar-refractivity contribution in [2.75, 3.05) is 0 Å². The van der Waals surface area contributed by atoms with Gasteiger partial charge >= 0.3 is 11.7 Å². The molecular formula is C20H25N5O10. The van der Waals surface area contributed by atoms with E-state index in [9.17, 15) is 44.7 Å². The standard InChI is InChI=1S/C20H25N5O10/c1-7(13(28)10-3-2-9(27)4-22-10)11(21)17(31)24-12(19(32)33)16-14(29)15(30)18(35-16)25-5-8(6-26)23-20(25)34/h2-7,11-16,18,27-30H,21H2,1H3,(H,23,34)(H,24,31)(H,32,33)/t7-,11-,12-,13-,14-,15+,16+,18?/m0/s1. The molecule has 1 saturated heterocycles. The molecule has 0 saturated carbocycles. The third-order valence-electron chi connectivity index (χ3n) is 5.77. The van der Waals surface area contributed by atoms with E-state index >= 15 is 0 Å². The topological polar surface area (TPSA) is 250 Å². The summed E-state index contributed by atoms with van der Waals surface area (Å²) >= 11 is 0. The van der Waals surface area contributed by atoms with Gasteiger partial charge in [0, 0.05) is 12.1 Å². The number of aromatic nitrogens is 3. The molecule has 9 N–H and O–H groups in total. The Labute approximate surface area is 196 Å². The molecule has 2 aromatic rings. The van der Waals surface area contributed by atoms with Gasteiger partial charge in [-0.05, 0) is 12.1 Å². The Morgan fingerprint density at radius 2 is 2.00 bits per heavy atom. The van der Waals surface area contributed by atoms with Crippen LogP contribution in [-0.2, 0) is 14.3 Å². The molecule has 0 aliphatic carbocycles. The summed E-state index contributed by atoms with van der Waals surface area (Å²) in [4.78, 5) is 53.5. The summed E-state index contributed by atoms with van der Waals surface area (Å²) in [5.74, 6) is -3.75. The number of carbonyl (C=O) groups excluding carboxylic acids is 2. The molecular weight excluding hydrogens is 470 g/mol. The van der Waals surface area contributed by atoms with E-state index in [-0.39, 0.29) is 17.1 Å². The van der Waals surface area contributed by atoms with Crippen LogP contribution in [0.4, 0.5) is 0 Å². The fourth-order valence-electron chi connectivity index (χ4n) is 3.68. The molecule has 1 aliphatic rings. The zero-order valence-corrected chi connectivity index (χ0v) is 18.3. The number of amides is 1. The number of nitrogens with zero attached hydrogens (tertiary/aromatic N) is 2. The largest absolute Gasteiger partial charge is 0.506 e. The Bertz CT molecular complexity index is 1130. The summed E-state index contributed by atoms with van der Waals surface area (Å²) < 4.78 is 6.18. The Hall–Kier alpha value is -3.63. The monoisotopic (exact) mass is 495 g/mol. The number of carboxylic acid groups (broad SMARTS) is 1. The van der Waals surface area contributed by atoms with Gasteiger partial charge in [-0.1, -0.05) is 6.92 Å². The first-order chi connectivity index (χ1) is 16.5. The summed E-state index contributed by atoms with van der Waals surface area (Å²) in [7, 11) is 0. The number of aromatic hydroxyl groups is 1. The van der Waals surface area contributed by atoms with Crippen molar-refractivity contribution >= 4 is 18.2 Å². The summed E-state index contributed by atoms with van der Waals surface area (Å²) in [5, 5.41) is 52.3. The second kappa shape index (κ2) is 10.3. The average molecular weight is 495 g/mol. The molecule has 0 aromatic carbocycles. The zero-order chi connectivity index (χ0) is 26.0. The SMILES string of the molecule is C[C@@H]([C@H](N)C(=O)N[C@H](C(=O)O)[C@H]1OC(n2cc(C=O)[nH]c2=O)[C@H](O)[C@@H]1O)[C@H](O)c1ccc(O)cn1. The minimum absolute atomic E-state index is 0.112. The number of hydrogen-bond donors (Lipinski definition) is 8. The molecule has 1 fully saturated rings. The van der Waals surface area contributed by atoms with Crippen molar-refractivity contribution in [1.82, 2.24) is 19.9 Å². The smallest absolute Gasteiger partial charge is 0.329 e. The lowest BCUT2D eigenvalue weighted by Crippen LogP contribution is -2.57. The number of carbonyl (C=O) groups is 3. The van der Waals surface area contributed by atoms with E-state index in [1.165, 1.54) is 19.1 Å². The molecule has 35 heavy (non-hydrogen) atoms. The predicted octanol–water partition coefficient (Wildman–Crippen LogP) is -3.02. The number of nitrogens with two attached hydrogens (primary N) is 1. The molecule has 1 unspecified atom stereocenters. The molecule has 1 aliphatic heterocycles. The molecule has 15 nitrogen and oxygen atoms in total. The summed E-state index contributed by atoms with van der Waals surface area (Å²) in [6.45, 7) is 1.42. The van der Waals surface area contributed by atoms with E-state index in [4.69, 9.17) is 10.5 Å². The number of imidazole rings is 1. The number of aliphatic hydroxyl groups is 3. The van der Waals surface area contributed by atoms with Crippen molar-refractivity contribution in [3.63, 3.8) is 0 Å². The number of H-pyrrole nitrogens is 1. The minimum Gasteiger partial charge on any atom is -0.506 e. The highest BCUT2D eigenvalue weighted by Crippen LogP contribution is 2.31. The van der Waals surface area contributed by atoms with Gasteiger partial charge in [0.2, 0.25) is 5.91 Å². The van der Waals surface area contributed by atoms with Gasteiger partial charge in [0.25, 0.3) is 0 Å². The first kappa shape index (κ1) is 26.0. The lowest BCUT2D eigenvalue weighted by molar-refractivity contribution is -0.149. The second-order valence-electron chi connectivity index (χ2n) is 8.11. The van der Waals surface area contributed by atoms with Crippen LogP contribution in [0.1, 0.15) is 35.4 Å². The van der Waals surface area contributed by atoms with Crippen molar-refractivity contribution in [3.8, 4) is 5.75 Å². The van der Waals surface area contributed by atoms with Crippen LogP contribution >= 0.6 is 0 Å². The van der Waals surface area contributed by atoms with Crippen molar-refractivity contribution in [3.05, 3.63) is 46.4 Å². The van der Waals surface area contributed by atoms with E-state index in [1.807, 2.05) is 0 Å². The van der Waals surface area contributed by atoms with Gasteiger partial charge in [0.1, 0.15) is 30.2 Å². The van der Waals surface area contributed by atoms with Crippen LogP contribution in [0, 0.1) is 5.92 Å². The maximum atomic E-state index is 12.7. The molecule has 0 radical (unpaired) electrons. The first-order valence-electron chi connectivity index (χ1n) is 10.4. The average Bonchev–Trinajstić information content (AvgIpc) is 3.34. The number of pyridine rings is 1. The quantitative estimate of drug-likeness (QED) is 0.162. The lowest BCUT2D eigenvalue weighted by Gasteiger charge is -2.28. The van der Waals surface area contributed by atoms with Crippen LogP contribution < -0.4 is 16.7 Å². The molecule has 0 bridgehead atoms. The Morgan fingerprint density at radius 3 is 2.54 bits per heavy atom. The molecule has 8 atom stereocenters. The highest BCUT2D eigenvalue weighted by Gasteiger charge is 2.50. The number of rotatable bonds is 9. The predicted molar refractivity (Wildman–Crippen MR) is 114 cm³/mol. The third kappa shape index (κ3) is 5.23. The summed E-state index contributed by atoms with van der Waals surface area (Å²) in [5.41, 5.74) is 5.03. The van der Waals surface area contributed by atoms with Crippen LogP contribution in [0.25, 0.3) is 0 Å². The van der Waals surface area contributed by atoms with Gasteiger partial charge in [-0.25, -0.2) is 9.59 Å². The third-order valence-corrected chi connectivity index (χ3v) is 5.77. The van der Waals surface area contributed by atoms with Crippen LogP contribution in [0.5, 0.6) is 5.75 Å². The summed E-state index contributed by atoms with van der Waals surface area (Å²) in [6, 6.07) is -0.743. The maximum Gasteiger partial charge on any atom is 0.329 e. The number of carboxylic acids is 1. The van der Waals surface area contributed by atoms with Gasteiger partial charge in [0.15, 0.2) is 18.6 Å². The van der Waals surface area contributed by atoms with Crippen LogP contribution in [0.3, 0.4) is 0 Å². The first-order valence-corrected chi connectivity index (χ1v) is 10.4. The molecule has 15 heteroatoms. The van der Waals surface area contributed by atoms with E-state index in [1.54, 1.807) is 0 Å². The number of aldehydes is 1. The van der Waals surface area contributed by atoms with Gasteiger partial charge in [0.05, 0.1) is 23.6 Å². The van der Waals surface area contributed by atoms with Crippen LogP contribution in [0.2, 0.25) is 0 Å². The van der Waals surface area contributed by atoms with Crippen molar-refractivity contribution < 1.29 is 44.7 Å². The fourth-order valence-corrected chi connectivity index (χ4v) is 3.68. The number of hydrogen-bond acceptors (Lipinski definition) is 11. The van der Waals surface area contributed by atoms with E-state index in [0.717, 1.165) is 17.0 Å². The zero-order valence-electron chi connectivity index (χ0n) is 18.3. The highest BCUT2D eigenvalue weighted by molar-refractivity contribution is 5.87. The Balaban J connectivity index is 1.75. The Morgan fingerprint density at radius 1 is 1.31 bits per heavy atom. The highest BCUT2D eigenvalue weighted by atomic mass is 16.6. The number of nitrogens with one attached hydrogen (secondary N) is 2. The van der Waals surface area contributed by atoms with Crippen molar-refractivity contribution in [2.24, 2.45) is 11.7 Å². The molecule has 3 rings (SSSR count). The van der Waals surface area contributed by atoms with E-state index in [0.29, 0.717) is 6.29 Å². The second-order valence-corrected chi connectivity index (χ2v) is 8.11. The lowest BCUT2D eigenvalue weighted by atomic mass is 9.92. The van der Waals surface area contributed by atoms with Crippen LogP contribution in [0.15, 0.2) is 29.3 Å². The molecule has 0 spiro atoms. The molecule has 1 amide bonds. The van der Waals surface area contributed by atoms with E-state index in [2.05, 4.69) is 15.3 Å². The normalized spacial score (nSPS) is 25.4. The summed E-state index contributed by atoms with van der Waals surface area (Å²) in [6.07, 6.45) is -5.78. The Kier molecular flexibility index (Phi) is 7.67. The van der Waals surface area contributed by atoms with Crippen molar-refractivity contribution in [1.29, 1.82) is 0 Å². The number of aliphatic carboxylic acids is 1. The van der Waals surface area contributed by atoms with Gasteiger partial charge < -0.3 is 46.3 Å². The molecule has 190 valence electrons. The van der Waals surface area contributed by atoms with Gasteiger partial charge in [-0.3, -0.25) is 19.1 Å². The molecule has 3 heterocycles. The van der Waals surface area contributed by atoms with Crippen LogP contribution in [-0.4, -0.2) is 88.6 Å². The van der Waals surface area contributed by atoms with E-state index < -0.39 is 66.2 Å². The minimum atomic E-state index is -1.90. The number of aliphatic hydroxyl groups excluding tert-OH is 3. The maximum absolute atomic E-state index is 12.7.